The van der Waals surface area contributed by atoms with Crippen molar-refractivity contribution in [2.75, 3.05) is 0 Å². The number of nitrogens with one attached hydrogen (secondary N) is 1. The van der Waals surface area contributed by atoms with E-state index < -0.39 is 0 Å². The molecule has 0 saturated heterocycles. The van der Waals surface area contributed by atoms with Gasteiger partial charge >= 0.3 is 0 Å². The van der Waals surface area contributed by atoms with Gasteiger partial charge in [0.1, 0.15) is 5.75 Å². The van der Waals surface area contributed by atoms with Crippen LogP contribution in [0.25, 0.3) is 0 Å². The molecule has 2 heteroatoms. The third-order valence-corrected chi connectivity index (χ3v) is 4.26. The Morgan fingerprint density at radius 2 is 1.90 bits per heavy atom. The Hall–Kier alpha value is -1.02. The molecule has 1 aromatic carbocycles. The Bertz CT molecular complexity index is 396. The van der Waals surface area contributed by atoms with Crippen molar-refractivity contribution in [3.63, 3.8) is 0 Å². The van der Waals surface area contributed by atoms with Gasteiger partial charge in [0.2, 0.25) is 0 Å². The zero-order valence-electron chi connectivity index (χ0n) is 13.2. The molecule has 1 aromatic rings. The lowest BCUT2D eigenvalue weighted by atomic mass is 9.84. The second-order valence-corrected chi connectivity index (χ2v) is 6.38. The van der Waals surface area contributed by atoms with Gasteiger partial charge in [-0.05, 0) is 57.2 Å². The molecule has 0 aromatic heterocycles. The summed E-state index contributed by atoms with van der Waals surface area (Å²) in [6.45, 7) is 7.41. The van der Waals surface area contributed by atoms with Crippen LogP contribution in [0, 0.1) is 5.92 Å². The van der Waals surface area contributed by atoms with Crippen molar-refractivity contribution in [2.24, 2.45) is 5.92 Å². The predicted molar refractivity (Wildman–Crippen MR) is 85.1 cm³/mol. The minimum absolute atomic E-state index is 0.236. The monoisotopic (exact) mass is 275 g/mol. The first-order valence-electron chi connectivity index (χ1n) is 8.14. The first-order valence-corrected chi connectivity index (χ1v) is 8.14. The second-order valence-electron chi connectivity index (χ2n) is 6.38. The van der Waals surface area contributed by atoms with E-state index >= 15 is 0 Å². The summed E-state index contributed by atoms with van der Waals surface area (Å²) in [6, 6.07) is 9.06. The van der Waals surface area contributed by atoms with Crippen LogP contribution in [0.4, 0.5) is 0 Å². The van der Waals surface area contributed by atoms with Crippen LogP contribution < -0.4 is 10.1 Å². The van der Waals surface area contributed by atoms with Crippen LogP contribution in [0.2, 0.25) is 0 Å². The van der Waals surface area contributed by atoms with E-state index in [0.717, 1.165) is 18.2 Å². The van der Waals surface area contributed by atoms with Crippen molar-refractivity contribution < 1.29 is 4.74 Å². The quantitative estimate of drug-likeness (QED) is 0.823. The highest BCUT2D eigenvalue weighted by Crippen LogP contribution is 2.26. The average Bonchev–Trinajstić information content (AvgIpc) is 2.45. The molecule has 1 fully saturated rings. The Balaban J connectivity index is 1.83. The highest BCUT2D eigenvalue weighted by atomic mass is 16.5. The highest BCUT2D eigenvalue weighted by molar-refractivity contribution is 5.28. The summed E-state index contributed by atoms with van der Waals surface area (Å²) in [6.07, 6.45) is 7.27. The van der Waals surface area contributed by atoms with Gasteiger partial charge in [0.05, 0.1) is 6.10 Å². The fourth-order valence-corrected chi connectivity index (χ4v) is 3.08. The highest BCUT2D eigenvalue weighted by Gasteiger charge is 2.19. The number of benzene rings is 1. The summed E-state index contributed by atoms with van der Waals surface area (Å²) in [5, 5.41) is 3.69. The number of ether oxygens (including phenoxy) is 1. The van der Waals surface area contributed by atoms with E-state index in [2.05, 4.69) is 44.3 Å². The molecular weight excluding hydrogens is 246 g/mol. The third-order valence-electron chi connectivity index (χ3n) is 4.26. The average molecular weight is 275 g/mol. The van der Waals surface area contributed by atoms with Crippen molar-refractivity contribution in [3.8, 4) is 5.75 Å². The van der Waals surface area contributed by atoms with Crippen LogP contribution in [0.1, 0.15) is 58.4 Å². The molecule has 0 spiro atoms. The van der Waals surface area contributed by atoms with Crippen molar-refractivity contribution in [2.45, 2.75) is 71.6 Å². The number of hydrogen-bond acceptors (Lipinski definition) is 2. The molecule has 112 valence electrons. The van der Waals surface area contributed by atoms with E-state index in [1.165, 1.54) is 37.7 Å². The molecule has 0 radical (unpaired) electrons. The van der Waals surface area contributed by atoms with Gasteiger partial charge in [-0.2, -0.15) is 0 Å². The zero-order valence-corrected chi connectivity index (χ0v) is 13.2. The summed E-state index contributed by atoms with van der Waals surface area (Å²) in [5.41, 5.74) is 1.31. The Kier molecular flexibility index (Phi) is 5.90. The van der Waals surface area contributed by atoms with Crippen LogP contribution in [0.15, 0.2) is 24.3 Å². The molecule has 1 aliphatic rings. The van der Waals surface area contributed by atoms with Gasteiger partial charge in [-0.15, -0.1) is 0 Å². The number of hydrogen-bond donors (Lipinski definition) is 1. The first kappa shape index (κ1) is 15.4. The summed E-state index contributed by atoms with van der Waals surface area (Å²) in [4.78, 5) is 0. The largest absolute Gasteiger partial charge is 0.491 e. The summed E-state index contributed by atoms with van der Waals surface area (Å²) in [5.74, 6) is 1.84. The molecule has 20 heavy (non-hydrogen) atoms. The smallest absolute Gasteiger partial charge is 0.120 e. The van der Waals surface area contributed by atoms with Gasteiger partial charge in [0, 0.05) is 12.6 Å². The standard InChI is InChI=1S/C18H29NO/c1-14(2)20-18-11-7-8-16(12-18)13-19-15(3)17-9-5-4-6-10-17/h7-8,11-12,14-15,17,19H,4-6,9-10,13H2,1-3H3/t15-/m1/s1. The molecule has 2 rings (SSSR count). The Labute approximate surface area is 123 Å². The van der Waals surface area contributed by atoms with E-state index in [1.807, 2.05) is 6.07 Å². The lowest BCUT2D eigenvalue weighted by Crippen LogP contribution is -2.34. The van der Waals surface area contributed by atoms with Crippen LogP contribution in [0.5, 0.6) is 5.75 Å². The van der Waals surface area contributed by atoms with Gasteiger partial charge in [-0.1, -0.05) is 31.4 Å². The Morgan fingerprint density at radius 1 is 1.15 bits per heavy atom. The van der Waals surface area contributed by atoms with Crippen LogP contribution >= 0.6 is 0 Å². The molecule has 0 heterocycles. The predicted octanol–water partition coefficient (Wildman–Crippen LogP) is 4.53. The van der Waals surface area contributed by atoms with E-state index in [9.17, 15) is 0 Å². The lowest BCUT2D eigenvalue weighted by Gasteiger charge is -2.28. The fourth-order valence-electron chi connectivity index (χ4n) is 3.08. The summed E-state index contributed by atoms with van der Waals surface area (Å²) < 4.78 is 5.75. The SMILES string of the molecule is CC(C)Oc1cccc(CN[C@H](C)C2CCCCC2)c1. The van der Waals surface area contributed by atoms with Crippen LogP contribution in [0.3, 0.4) is 0 Å². The Morgan fingerprint density at radius 3 is 2.60 bits per heavy atom. The zero-order chi connectivity index (χ0) is 14.4. The van der Waals surface area contributed by atoms with Gasteiger partial charge in [-0.3, -0.25) is 0 Å². The molecule has 1 aliphatic carbocycles. The van der Waals surface area contributed by atoms with Crippen molar-refractivity contribution in [1.29, 1.82) is 0 Å². The summed E-state index contributed by atoms with van der Waals surface area (Å²) >= 11 is 0. The van der Waals surface area contributed by atoms with E-state index in [1.54, 1.807) is 0 Å². The van der Waals surface area contributed by atoms with Crippen molar-refractivity contribution in [1.82, 2.24) is 5.32 Å². The van der Waals surface area contributed by atoms with E-state index in [-0.39, 0.29) is 6.10 Å². The van der Waals surface area contributed by atoms with E-state index in [0.29, 0.717) is 6.04 Å². The van der Waals surface area contributed by atoms with Gasteiger partial charge in [0.25, 0.3) is 0 Å². The third kappa shape index (κ3) is 4.82. The van der Waals surface area contributed by atoms with Gasteiger partial charge < -0.3 is 10.1 Å². The molecule has 1 atom stereocenters. The molecule has 0 amide bonds. The number of rotatable bonds is 6. The summed E-state index contributed by atoms with van der Waals surface area (Å²) in [7, 11) is 0. The van der Waals surface area contributed by atoms with Crippen molar-refractivity contribution in [3.05, 3.63) is 29.8 Å². The topological polar surface area (TPSA) is 21.3 Å². The normalized spacial score (nSPS) is 18.2. The maximum absolute atomic E-state index is 5.75. The maximum atomic E-state index is 5.75. The van der Waals surface area contributed by atoms with Crippen LogP contribution in [-0.2, 0) is 6.54 Å². The molecular formula is C18H29NO. The van der Waals surface area contributed by atoms with Gasteiger partial charge in [0.15, 0.2) is 0 Å². The molecule has 1 saturated carbocycles. The minimum atomic E-state index is 0.236. The van der Waals surface area contributed by atoms with Gasteiger partial charge in [-0.25, -0.2) is 0 Å². The van der Waals surface area contributed by atoms with Crippen molar-refractivity contribution >= 4 is 0 Å². The minimum Gasteiger partial charge on any atom is -0.491 e. The van der Waals surface area contributed by atoms with E-state index in [4.69, 9.17) is 4.74 Å². The second kappa shape index (κ2) is 7.68. The lowest BCUT2D eigenvalue weighted by molar-refractivity contribution is 0.242. The fraction of sp³-hybridized carbons (Fsp3) is 0.667. The molecule has 0 bridgehead atoms. The molecule has 2 nitrogen and oxygen atoms in total. The molecule has 0 unspecified atom stereocenters. The maximum Gasteiger partial charge on any atom is 0.120 e. The molecule has 1 N–H and O–H groups in total. The first-order chi connectivity index (χ1) is 9.65. The molecule has 0 aliphatic heterocycles. The van der Waals surface area contributed by atoms with Crippen LogP contribution in [-0.4, -0.2) is 12.1 Å².